The third-order valence-corrected chi connectivity index (χ3v) is 11.5. The molecule has 2 fully saturated rings. The van der Waals surface area contributed by atoms with Crippen molar-refractivity contribution in [1.29, 1.82) is 0 Å². The number of hydrogen-bond acceptors (Lipinski definition) is 4. The summed E-state index contributed by atoms with van der Waals surface area (Å²) < 4.78 is 2.70. The molecule has 4 unspecified atom stereocenters. The number of nitrogens with zero attached hydrogens (tertiary/aromatic N) is 2. The molecule has 1 saturated heterocycles. The Morgan fingerprint density at radius 1 is 1.11 bits per heavy atom. The fraction of sp³-hybridized carbons (Fsp3) is 0.591. The molecule has 2 heterocycles. The SMILES string of the molecule is CC(C)C1CC2C(c3ccccc3)=CC=NC2C1[Si](C)(C)N1CNCNC1. The molecule has 27 heavy (non-hydrogen) atoms. The summed E-state index contributed by atoms with van der Waals surface area (Å²) in [6.07, 6.45) is 5.64. The van der Waals surface area contributed by atoms with E-state index in [2.05, 4.69) is 84.8 Å². The average molecular weight is 383 g/mol. The number of fused-ring (bicyclic) bond motifs is 1. The largest absolute Gasteiger partial charge is 0.299 e. The summed E-state index contributed by atoms with van der Waals surface area (Å²) in [6, 6.07) is 11.4. The maximum Gasteiger partial charge on any atom is 0.130 e. The van der Waals surface area contributed by atoms with E-state index in [4.69, 9.17) is 4.99 Å². The molecular weight excluding hydrogens is 348 g/mol. The van der Waals surface area contributed by atoms with Gasteiger partial charge in [-0.2, -0.15) is 0 Å². The quantitative estimate of drug-likeness (QED) is 0.779. The number of nitrogens with one attached hydrogen (secondary N) is 2. The Morgan fingerprint density at radius 3 is 2.48 bits per heavy atom. The summed E-state index contributed by atoms with van der Waals surface area (Å²) in [5, 5.41) is 7.03. The molecular formula is C22H34N4Si. The van der Waals surface area contributed by atoms with Crippen LogP contribution < -0.4 is 10.6 Å². The second-order valence-corrected chi connectivity index (χ2v) is 13.8. The Bertz CT molecular complexity index is 706. The zero-order chi connectivity index (χ0) is 19.0. The number of aliphatic imine (C=N–C) groups is 1. The van der Waals surface area contributed by atoms with Gasteiger partial charge in [0.05, 0.1) is 6.04 Å². The third-order valence-electron chi connectivity index (χ3n) is 7.13. The first kappa shape index (κ1) is 19.1. The van der Waals surface area contributed by atoms with Crippen molar-refractivity contribution in [1.82, 2.24) is 15.2 Å². The molecule has 146 valence electrons. The highest BCUT2D eigenvalue weighted by molar-refractivity contribution is 6.76. The van der Waals surface area contributed by atoms with Crippen LogP contribution in [0.2, 0.25) is 18.6 Å². The third kappa shape index (κ3) is 3.46. The number of benzene rings is 1. The van der Waals surface area contributed by atoms with Crippen molar-refractivity contribution in [2.45, 2.75) is 44.9 Å². The van der Waals surface area contributed by atoms with Crippen LogP contribution in [0.3, 0.4) is 0 Å². The van der Waals surface area contributed by atoms with Gasteiger partial charge in [-0.1, -0.05) is 57.3 Å². The average Bonchev–Trinajstić information content (AvgIpc) is 3.10. The minimum Gasteiger partial charge on any atom is -0.299 e. The van der Waals surface area contributed by atoms with Gasteiger partial charge in [-0.25, -0.2) is 0 Å². The fourth-order valence-corrected chi connectivity index (χ4v) is 9.83. The minimum atomic E-state index is -1.67. The van der Waals surface area contributed by atoms with Gasteiger partial charge in [-0.05, 0) is 41.0 Å². The van der Waals surface area contributed by atoms with Gasteiger partial charge in [0.1, 0.15) is 8.24 Å². The van der Waals surface area contributed by atoms with E-state index in [1.54, 1.807) is 0 Å². The van der Waals surface area contributed by atoms with E-state index in [9.17, 15) is 0 Å². The summed E-state index contributed by atoms with van der Waals surface area (Å²) in [6.45, 7) is 12.9. The first-order valence-corrected chi connectivity index (χ1v) is 13.5. The van der Waals surface area contributed by atoms with Crippen LogP contribution in [0.1, 0.15) is 25.8 Å². The Morgan fingerprint density at radius 2 is 1.81 bits per heavy atom. The normalized spacial score (nSPS) is 31.8. The van der Waals surface area contributed by atoms with Gasteiger partial charge in [0.25, 0.3) is 0 Å². The van der Waals surface area contributed by atoms with E-state index in [0.717, 1.165) is 25.9 Å². The van der Waals surface area contributed by atoms with Gasteiger partial charge in [-0.3, -0.25) is 20.2 Å². The molecule has 0 amide bonds. The fourth-order valence-electron chi connectivity index (χ4n) is 5.65. The van der Waals surface area contributed by atoms with Crippen molar-refractivity contribution in [3.63, 3.8) is 0 Å². The lowest BCUT2D eigenvalue weighted by molar-refractivity contribution is 0.274. The molecule has 4 rings (SSSR count). The van der Waals surface area contributed by atoms with Crippen LogP contribution in [-0.4, -0.2) is 45.1 Å². The van der Waals surface area contributed by atoms with Crippen LogP contribution >= 0.6 is 0 Å². The lowest BCUT2D eigenvalue weighted by atomic mass is 9.86. The molecule has 3 aliphatic rings. The topological polar surface area (TPSA) is 39.7 Å². The van der Waals surface area contributed by atoms with Gasteiger partial charge in [-0.15, -0.1) is 0 Å². The predicted octanol–water partition coefficient (Wildman–Crippen LogP) is 3.76. The molecule has 0 bridgehead atoms. The second kappa shape index (κ2) is 7.63. The molecule has 5 heteroatoms. The maximum atomic E-state index is 5.11. The van der Waals surface area contributed by atoms with Crippen LogP contribution in [0.25, 0.3) is 5.57 Å². The van der Waals surface area contributed by atoms with E-state index in [1.807, 2.05) is 0 Å². The van der Waals surface area contributed by atoms with E-state index >= 15 is 0 Å². The molecule has 1 saturated carbocycles. The van der Waals surface area contributed by atoms with Crippen LogP contribution in [0.15, 0.2) is 41.4 Å². The molecule has 2 N–H and O–H groups in total. The van der Waals surface area contributed by atoms with Crippen molar-refractivity contribution in [3.05, 3.63) is 42.0 Å². The molecule has 0 spiro atoms. The minimum absolute atomic E-state index is 0.432. The molecule has 0 aromatic heterocycles. The van der Waals surface area contributed by atoms with Crippen LogP contribution in [0, 0.1) is 17.8 Å². The van der Waals surface area contributed by atoms with Crippen molar-refractivity contribution >= 4 is 20.0 Å². The summed E-state index contributed by atoms with van der Waals surface area (Å²) in [5.41, 5.74) is 3.57. The molecule has 4 atom stereocenters. The number of dihydropyridines is 1. The monoisotopic (exact) mass is 382 g/mol. The smallest absolute Gasteiger partial charge is 0.130 e. The summed E-state index contributed by atoms with van der Waals surface area (Å²) >= 11 is 0. The van der Waals surface area contributed by atoms with E-state index in [1.165, 1.54) is 17.6 Å². The lowest BCUT2D eigenvalue weighted by Gasteiger charge is -2.47. The van der Waals surface area contributed by atoms with E-state index in [-0.39, 0.29) is 0 Å². The summed E-state index contributed by atoms with van der Waals surface area (Å²) in [7, 11) is -1.67. The van der Waals surface area contributed by atoms with Gasteiger partial charge < -0.3 is 0 Å². The highest BCUT2D eigenvalue weighted by Gasteiger charge is 2.55. The molecule has 0 radical (unpaired) electrons. The lowest BCUT2D eigenvalue weighted by Crippen LogP contribution is -2.64. The van der Waals surface area contributed by atoms with Gasteiger partial charge in [0.15, 0.2) is 0 Å². The highest BCUT2D eigenvalue weighted by Crippen LogP contribution is 2.56. The maximum absolute atomic E-state index is 5.11. The predicted molar refractivity (Wildman–Crippen MR) is 117 cm³/mol. The molecule has 1 aromatic rings. The standard InChI is InChI=1S/C22H34N4Si/c1-16(2)19-12-20-18(17-8-6-5-7-9-17)10-11-25-21(20)22(19)27(3,4)26-14-23-13-24-15-26/h5-11,16,19-24H,12-15H2,1-4H3. The molecule has 1 aromatic carbocycles. The highest BCUT2D eigenvalue weighted by atomic mass is 28.3. The van der Waals surface area contributed by atoms with Crippen molar-refractivity contribution in [2.75, 3.05) is 20.0 Å². The molecule has 2 aliphatic heterocycles. The molecule has 4 nitrogen and oxygen atoms in total. The first-order chi connectivity index (χ1) is 13.0. The van der Waals surface area contributed by atoms with Crippen molar-refractivity contribution in [3.8, 4) is 0 Å². The molecule has 1 aliphatic carbocycles. The summed E-state index contributed by atoms with van der Waals surface area (Å²) in [4.78, 5) is 5.11. The first-order valence-electron chi connectivity index (χ1n) is 10.5. The van der Waals surface area contributed by atoms with Crippen LogP contribution in [-0.2, 0) is 0 Å². The van der Waals surface area contributed by atoms with Gasteiger partial charge in [0, 0.05) is 32.1 Å². The number of allylic oxidation sites excluding steroid dienone is 1. The zero-order valence-electron chi connectivity index (χ0n) is 17.2. The Kier molecular flexibility index (Phi) is 5.38. The Hall–Kier alpha value is -1.27. The van der Waals surface area contributed by atoms with Gasteiger partial charge >= 0.3 is 0 Å². The summed E-state index contributed by atoms with van der Waals surface area (Å²) in [5.74, 6) is 2.00. The van der Waals surface area contributed by atoms with E-state index < -0.39 is 8.24 Å². The second-order valence-electron chi connectivity index (χ2n) is 9.24. The zero-order valence-corrected chi connectivity index (χ0v) is 18.2. The van der Waals surface area contributed by atoms with Crippen molar-refractivity contribution < 1.29 is 0 Å². The van der Waals surface area contributed by atoms with Crippen LogP contribution in [0.5, 0.6) is 0 Å². The van der Waals surface area contributed by atoms with E-state index in [0.29, 0.717) is 23.4 Å². The van der Waals surface area contributed by atoms with Crippen LogP contribution in [0.4, 0.5) is 0 Å². The Labute approximate surface area is 165 Å². The number of hydrogen-bond donors (Lipinski definition) is 2. The Balaban J connectivity index is 1.68. The van der Waals surface area contributed by atoms with Crippen molar-refractivity contribution in [2.24, 2.45) is 22.7 Å². The van der Waals surface area contributed by atoms with Gasteiger partial charge in [0.2, 0.25) is 0 Å². The number of rotatable bonds is 4.